The Balaban J connectivity index is 3.89. The molecule has 0 fully saturated rings. The number of hydrogen-bond donors (Lipinski definition) is 0. The van der Waals surface area contributed by atoms with Gasteiger partial charge in [-0.25, -0.2) is 0 Å². The third-order valence-corrected chi connectivity index (χ3v) is 1.98. The van der Waals surface area contributed by atoms with E-state index in [0.29, 0.717) is 13.0 Å². The van der Waals surface area contributed by atoms with Crippen molar-refractivity contribution in [3.05, 3.63) is 36.0 Å². The van der Waals surface area contributed by atoms with E-state index in [1.165, 1.54) is 0 Å². The van der Waals surface area contributed by atoms with E-state index in [4.69, 9.17) is 4.74 Å². The van der Waals surface area contributed by atoms with Crippen molar-refractivity contribution in [2.45, 2.75) is 33.6 Å². The molecule has 0 saturated heterocycles. The molecular formula is C13H20O2. The summed E-state index contributed by atoms with van der Waals surface area (Å²) >= 11 is 0. The number of allylic oxidation sites excluding steroid dienone is 4. The molecule has 0 bridgehead atoms. The molecule has 0 aliphatic heterocycles. The van der Waals surface area contributed by atoms with Gasteiger partial charge in [0.15, 0.2) is 0 Å². The van der Waals surface area contributed by atoms with E-state index in [9.17, 15) is 4.79 Å². The maximum absolute atomic E-state index is 10.9. The van der Waals surface area contributed by atoms with Gasteiger partial charge in [0.2, 0.25) is 0 Å². The van der Waals surface area contributed by atoms with Gasteiger partial charge in [0.25, 0.3) is 0 Å². The van der Waals surface area contributed by atoms with Crippen LogP contribution in [0.25, 0.3) is 0 Å². The smallest absolute Gasteiger partial charge is 0.305 e. The Hall–Kier alpha value is -1.31. The van der Waals surface area contributed by atoms with Gasteiger partial charge in [-0.05, 0) is 25.8 Å². The van der Waals surface area contributed by atoms with Crippen LogP contribution in [-0.2, 0) is 9.53 Å². The maximum Gasteiger partial charge on any atom is 0.305 e. The van der Waals surface area contributed by atoms with Gasteiger partial charge < -0.3 is 4.74 Å². The first-order valence-electron chi connectivity index (χ1n) is 5.20. The summed E-state index contributed by atoms with van der Waals surface area (Å²) < 4.78 is 4.99. The standard InChI is InChI=1S/C13H20O2/c1-5-11(3)8-7-9-12(4)10-15-13(14)6-2/h5,8-9H,1,6-7,10H2,2-4H3/b11-8+,12-9+. The third-order valence-electron chi connectivity index (χ3n) is 1.98. The molecule has 0 saturated carbocycles. The first-order valence-corrected chi connectivity index (χ1v) is 5.20. The van der Waals surface area contributed by atoms with Crippen molar-refractivity contribution in [2.24, 2.45) is 0 Å². The molecule has 0 aliphatic carbocycles. The lowest BCUT2D eigenvalue weighted by Gasteiger charge is -2.02. The SMILES string of the molecule is C=C/C(C)=C/C/C=C(\C)COC(=O)CC. The van der Waals surface area contributed by atoms with Gasteiger partial charge in [0.05, 0.1) is 0 Å². The van der Waals surface area contributed by atoms with Gasteiger partial charge in [-0.3, -0.25) is 4.79 Å². The van der Waals surface area contributed by atoms with E-state index in [1.807, 2.05) is 19.9 Å². The molecule has 0 aromatic rings. The van der Waals surface area contributed by atoms with E-state index in [1.54, 1.807) is 6.92 Å². The number of hydrogen-bond acceptors (Lipinski definition) is 2. The number of carbonyl (C=O) groups is 1. The molecule has 0 unspecified atom stereocenters. The first-order chi connectivity index (χ1) is 7.10. The fraction of sp³-hybridized carbons (Fsp3) is 0.462. The molecule has 15 heavy (non-hydrogen) atoms. The van der Waals surface area contributed by atoms with Crippen molar-refractivity contribution in [1.29, 1.82) is 0 Å². The topological polar surface area (TPSA) is 26.3 Å². The number of ether oxygens (including phenoxy) is 1. The Morgan fingerprint density at radius 1 is 1.33 bits per heavy atom. The van der Waals surface area contributed by atoms with E-state index in [0.717, 1.165) is 17.6 Å². The Morgan fingerprint density at radius 2 is 2.00 bits per heavy atom. The van der Waals surface area contributed by atoms with Crippen LogP contribution in [0.15, 0.2) is 36.0 Å². The molecule has 0 spiro atoms. The highest BCUT2D eigenvalue weighted by atomic mass is 16.5. The molecule has 2 heteroatoms. The molecule has 2 nitrogen and oxygen atoms in total. The molecule has 0 N–H and O–H groups in total. The highest BCUT2D eigenvalue weighted by Gasteiger charge is 1.97. The van der Waals surface area contributed by atoms with Crippen LogP contribution in [0.2, 0.25) is 0 Å². The monoisotopic (exact) mass is 208 g/mol. The molecule has 84 valence electrons. The fourth-order valence-electron chi connectivity index (χ4n) is 0.885. The summed E-state index contributed by atoms with van der Waals surface area (Å²) in [7, 11) is 0. The average molecular weight is 208 g/mol. The van der Waals surface area contributed by atoms with E-state index in [-0.39, 0.29) is 5.97 Å². The van der Waals surface area contributed by atoms with Gasteiger partial charge >= 0.3 is 5.97 Å². The molecule has 0 radical (unpaired) electrons. The summed E-state index contributed by atoms with van der Waals surface area (Å²) in [4.78, 5) is 10.9. The highest BCUT2D eigenvalue weighted by molar-refractivity contribution is 5.69. The largest absolute Gasteiger partial charge is 0.461 e. The highest BCUT2D eigenvalue weighted by Crippen LogP contribution is 2.01. The zero-order valence-electron chi connectivity index (χ0n) is 9.88. The average Bonchev–Trinajstić information content (AvgIpc) is 2.25. The molecule has 0 aromatic heterocycles. The molecule has 0 heterocycles. The first kappa shape index (κ1) is 13.7. The summed E-state index contributed by atoms with van der Waals surface area (Å²) in [5.41, 5.74) is 2.23. The van der Waals surface area contributed by atoms with Crippen molar-refractivity contribution in [3.63, 3.8) is 0 Å². The van der Waals surface area contributed by atoms with E-state index in [2.05, 4.69) is 18.7 Å². The predicted octanol–water partition coefficient (Wildman–Crippen LogP) is 3.41. The fourth-order valence-corrected chi connectivity index (χ4v) is 0.885. The summed E-state index contributed by atoms with van der Waals surface area (Å²) in [5.74, 6) is -0.152. The van der Waals surface area contributed by atoms with Crippen molar-refractivity contribution < 1.29 is 9.53 Å². The van der Waals surface area contributed by atoms with Crippen LogP contribution in [0.3, 0.4) is 0 Å². The van der Waals surface area contributed by atoms with E-state index < -0.39 is 0 Å². The quantitative estimate of drug-likeness (QED) is 0.380. The minimum Gasteiger partial charge on any atom is -0.461 e. The van der Waals surface area contributed by atoms with Crippen molar-refractivity contribution in [3.8, 4) is 0 Å². The normalized spacial score (nSPS) is 12.5. The number of rotatable bonds is 6. The van der Waals surface area contributed by atoms with Gasteiger partial charge in [0.1, 0.15) is 6.61 Å². The molecule has 0 rings (SSSR count). The van der Waals surface area contributed by atoms with E-state index >= 15 is 0 Å². The molecule has 0 amide bonds. The van der Waals surface area contributed by atoms with Crippen LogP contribution < -0.4 is 0 Å². The van der Waals surface area contributed by atoms with Gasteiger partial charge in [-0.15, -0.1) is 0 Å². The van der Waals surface area contributed by atoms with Crippen LogP contribution >= 0.6 is 0 Å². The zero-order chi connectivity index (χ0) is 11.7. The lowest BCUT2D eigenvalue weighted by molar-refractivity contribution is -0.142. The van der Waals surface area contributed by atoms with Crippen molar-refractivity contribution in [2.75, 3.05) is 6.61 Å². The zero-order valence-corrected chi connectivity index (χ0v) is 9.88. The second-order valence-electron chi connectivity index (χ2n) is 3.45. The summed E-state index contributed by atoms with van der Waals surface area (Å²) in [6.07, 6.45) is 7.24. The van der Waals surface area contributed by atoms with Crippen LogP contribution in [0, 0.1) is 0 Å². The van der Waals surface area contributed by atoms with Crippen LogP contribution in [-0.4, -0.2) is 12.6 Å². The van der Waals surface area contributed by atoms with Crippen LogP contribution in [0.4, 0.5) is 0 Å². The van der Waals surface area contributed by atoms with Crippen molar-refractivity contribution in [1.82, 2.24) is 0 Å². The second kappa shape index (κ2) is 8.04. The van der Waals surface area contributed by atoms with Crippen LogP contribution in [0.1, 0.15) is 33.6 Å². The van der Waals surface area contributed by atoms with Crippen molar-refractivity contribution >= 4 is 5.97 Å². The second-order valence-corrected chi connectivity index (χ2v) is 3.45. The lowest BCUT2D eigenvalue weighted by Crippen LogP contribution is -2.04. The number of carbonyl (C=O) groups excluding carboxylic acids is 1. The predicted molar refractivity (Wildman–Crippen MR) is 63.6 cm³/mol. The summed E-state index contributed by atoms with van der Waals surface area (Å²) in [6.45, 7) is 9.82. The minimum absolute atomic E-state index is 0.152. The summed E-state index contributed by atoms with van der Waals surface area (Å²) in [6, 6.07) is 0. The van der Waals surface area contributed by atoms with Gasteiger partial charge in [0, 0.05) is 6.42 Å². The van der Waals surface area contributed by atoms with Crippen LogP contribution in [0.5, 0.6) is 0 Å². The Bertz CT molecular complexity index is 272. The summed E-state index contributed by atoms with van der Waals surface area (Å²) in [5, 5.41) is 0. The Kier molecular flexibility index (Phi) is 7.33. The Labute approximate surface area is 92.3 Å². The molecule has 0 aromatic carbocycles. The van der Waals surface area contributed by atoms with Gasteiger partial charge in [-0.2, -0.15) is 0 Å². The Morgan fingerprint density at radius 3 is 2.53 bits per heavy atom. The molecular weight excluding hydrogens is 188 g/mol. The molecule has 0 atom stereocenters. The number of esters is 1. The maximum atomic E-state index is 10.9. The third kappa shape index (κ3) is 7.74. The lowest BCUT2D eigenvalue weighted by atomic mass is 10.2. The van der Waals surface area contributed by atoms with Gasteiger partial charge in [-0.1, -0.05) is 37.3 Å². The minimum atomic E-state index is -0.152. The molecule has 0 aliphatic rings.